The second kappa shape index (κ2) is 10.6. The molecule has 1 aromatic carbocycles. The summed E-state index contributed by atoms with van der Waals surface area (Å²) in [7, 11) is -0.261. The van der Waals surface area contributed by atoms with E-state index >= 15 is 0 Å². The van der Waals surface area contributed by atoms with E-state index in [1.807, 2.05) is 6.07 Å². The summed E-state index contributed by atoms with van der Waals surface area (Å²) in [6, 6.07) is 5.20. The number of sulfonamides is 1. The van der Waals surface area contributed by atoms with Crippen LogP contribution >= 0.6 is 0 Å². The van der Waals surface area contributed by atoms with Crippen molar-refractivity contribution in [3.63, 3.8) is 0 Å². The maximum absolute atomic E-state index is 13.6. The van der Waals surface area contributed by atoms with Crippen molar-refractivity contribution in [3.8, 4) is 0 Å². The van der Waals surface area contributed by atoms with Gasteiger partial charge in [-0.2, -0.15) is 4.31 Å². The molecule has 0 atom stereocenters. The first-order valence-corrected chi connectivity index (χ1v) is 12.5. The van der Waals surface area contributed by atoms with Gasteiger partial charge in [0.15, 0.2) is 0 Å². The number of ether oxygens (including phenoxy) is 1. The Morgan fingerprint density at radius 1 is 1.03 bits per heavy atom. The molecular weight excluding hydrogens is 402 g/mol. The van der Waals surface area contributed by atoms with Gasteiger partial charge in [0.2, 0.25) is 10.0 Å². The lowest BCUT2D eigenvalue weighted by Gasteiger charge is -2.33. The lowest BCUT2D eigenvalue weighted by molar-refractivity contribution is 0.0779. The molecule has 7 nitrogen and oxygen atoms in total. The van der Waals surface area contributed by atoms with E-state index in [0.29, 0.717) is 31.8 Å². The van der Waals surface area contributed by atoms with Crippen molar-refractivity contribution in [3.05, 3.63) is 23.8 Å². The van der Waals surface area contributed by atoms with Gasteiger partial charge in [-0.15, -0.1) is 0 Å². The van der Waals surface area contributed by atoms with Crippen LogP contribution in [0.2, 0.25) is 0 Å². The van der Waals surface area contributed by atoms with E-state index in [1.165, 1.54) is 6.42 Å². The summed E-state index contributed by atoms with van der Waals surface area (Å²) in [5, 5.41) is 0. The molecular formula is C22H35N3O4S. The highest BCUT2D eigenvalue weighted by Gasteiger charge is 2.31. The second-order valence-electron chi connectivity index (χ2n) is 8.27. The summed E-state index contributed by atoms with van der Waals surface area (Å²) < 4.78 is 33.8. The molecule has 2 fully saturated rings. The topological polar surface area (TPSA) is 70.2 Å². The predicted octanol–water partition coefficient (Wildman–Crippen LogP) is 2.96. The zero-order valence-corrected chi connectivity index (χ0v) is 19.1. The van der Waals surface area contributed by atoms with Gasteiger partial charge in [0.05, 0.1) is 5.69 Å². The van der Waals surface area contributed by atoms with Crippen molar-refractivity contribution in [2.24, 2.45) is 0 Å². The lowest BCUT2D eigenvalue weighted by atomic mass is 10.1. The SMILES string of the molecule is COCCCN(C)C(=O)c1ccc(N2CCCCC2)c(S(=O)(=O)N2CCCCC2)c1. The minimum Gasteiger partial charge on any atom is -0.385 e. The Morgan fingerprint density at radius 2 is 1.67 bits per heavy atom. The van der Waals surface area contributed by atoms with Gasteiger partial charge >= 0.3 is 0 Å². The van der Waals surface area contributed by atoms with Gasteiger partial charge in [0, 0.05) is 59.1 Å². The Bertz CT molecular complexity index is 816. The molecule has 1 amide bonds. The third kappa shape index (κ3) is 5.34. The number of carbonyl (C=O) groups is 1. The van der Waals surface area contributed by atoms with E-state index in [-0.39, 0.29) is 10.8 Å². The van der Waals surface area contributed by atoms with E-state index in [2.05, 4.69) is 4.90 Å². The number of hydrogen-bond donors (Lipinski definition) is 0. The Labute approximate surface area is 181 Å². The second-order valence-corrected chi connectivity index (χ2v) is 10.2. The third-order valence-electron chi connectivity index (χ3n) is 6.03. The molecule has 0 aliphatic carbocycles. The van der Waals surface area contributed by atoms with E-state index in [0.717, 1.165) is 57.3 Å². The number of amides is 1. The highest BCUT2D eigenvalue weighted by Crippen LogP contribution is 2.32. The molecule has 0 unspecified atom stereocenters. The molecule has 2 aliphatic heterocycles. The number of rotatable bonds is 8. The summed E-state index contributed by atoms with van der Waals surface area (Å²) in [6.07, 6.45) is 6.88. The van der Waals surface area contributed by atoms with Gasteiger partial charge in [-0.25, -0.2) is 8.42 Å². The molecule has 168 valence electrons. The van der Waals surface area contributed by atoms with Crippen LogP contribution in [0.5, 0.6) is 0 Å². The Balaban J connectivity index is 1.93. The van der Waals surface area contributed by atoms with Crippen LogP contribution in [-0.4, -0.2) is 77.0 Å². The predicted molar refractivity (Wildman–Crippen MR) is 119 cm³/mol. The van der Waals surface area contributed by atoms with Crippen LogP contribution in [-0.2, 0) is 14.8 Å². The molecule has 1 aromatic rings. The number of anilines is 1. The van der Waals surface area contributed by atoms with Crippen LogP contribution in [0.3, 0.4) is 0 Å². The summed E-state index contributed by atoms with van der Waals surface area (Å²) >= 11 is 0. The van der Waals surface area contributed by atoms with Gasteiger partial charge in [0.1, 0.15) is 4.90 Å². The molecule has 0 aromatic heterocycles. The highest BCUT2D eigenvalue weighted by atomic mass is 32.2. The molecule has 30 heavy (non-hydrogen) atoms. The molecule has 0 spiro atoms. The van der Waals surface area contributed by atoms with Crippen LogP contribution in [0, 0.1) is 0 Å². The van der Waals surface area contributed by atoms with Crippen LogP contribution in [0.1, 0.15) is 55.3 Å². The largest absolute Gasteiger partial charge is 0.385 e. The molecule has 0 bridgehead atoms. The number of benzene rings is 1. The highest BCUT2D eigenvalue weighted by molar-refractivity contribution is 7.89. The summed E-state index contributed by atoms with van der Waals surface area (Å²) in [6.45, 7) is 3.96. The van der Waals surface area contributed by atoms with E-state index in [4.69, 9.17) is 4.74 Å². The van der Waals surface area contributed by atoms with Crippen LogP contribution in [0.4, 0.5) is 5.69 Å². The lowest BCUT2D eigenvalue weighted by Crippen LogP contribution is -2.38. The van der Waals surface area contributed by atoms with Gasteiger partial charge in [-0.1, -0.05) is 6.42 Å². The zero-order valence-electron chi connectivity index (χ0n) is 18.3. The van der Waals surface area contributed by atoms with Gasteiger partial charge in [-0.05, 0) is 56.7 Å². The Kier molecular flexibility index (Phi) is 8.13. The first-order chi connectivity index (χ1) is 14.4. The average Bonchev–Trinajstić information content (AvgIpc) is 2.79. The normalized spacial score (nSPS) is 18.4. The first kappa shape index (κ1) is 23.0. The van der Waals surface area contributed by atoms with Crippen LogP contribution in [0.15, 0.2) is 23.1 Å². The average molecular weight is 438 g/mol. The monoisotopic (exact) mass is 437 g/mol. The van der Waals surface area contributed by atoms with Crippen molar-refractivity contribution < 1.29 is 17.9 Å². The molecule has 2 heterocycles. The first-order valence-electron chi connectivity index (χ1n) is 11.1. The smallest absolute Gasteiger partial charge is 0.253 e. The summed E-state index contributed by atoms with van der Waals surface area (Å²) in [4.78, 5) is 17.0. The molecule has 2 saturated heterocycles. The van der Waals surface area contributed by atoms with E-state index in [9.17, 15) is 13.2 Å². The Hall–Kier alpha value is -1.64. The number of nitrogens with zero attached hydrogens (tertiary/aromatic N) is 3. The number of hydrogen-bond acceptors (Lipinski definition) is 5. The van der Waals surface area contributed by atoms with Gasteiger partial charge < -0.3 is 14.5 Å². The maximum Gasteiger partial charge on any atom is 0.253 e. The molecule has 0 saturated carbocycles. The summed E-state index contributed by atoms with van der Waals surface area (Å²) in [5.41, 5.74) is 1.16. The molecule has 2 aliphatic rings. The van der Waals surface area contributed by atoms with Crippen molar-refractivity contribution in [2.75, 3.05) is 58.4 Å². The van der Waals surface area contributed by atoms with E-state index < -0.39 is 10.0 Å². The van der Waals surface area contributed by atoms with Gasteiger partial charge in [-0.3, -0.25) is 4.79 Å². The fourth-order valence-electron chi connectivity index (χ4n) is 4.26. The summed E-state index contributed by atoms with van der Waals surface area (Å²) in [5.74, 6) is -0.161. The number of carbonyl (C=O) groups excluding carboxylic acids is 1. The fraction of sp³-hybridized carbons (Fsp3) is 0.682. The molecule has 0 radical (unpaired) electrons. The van der Waals surface area contributed by atoms with Crippen molar-refractivity contribution in [2.45, 2.75) is 49.8 Å². The minimum absolute atomic E-state index is 0.161. The maximum atomic E-state index is 13.6. The third-order valence-corrected chi connectivity index (χ3v) is 7.95. The Morgan fingerprint density at radius 3 is 2.30 bits per heavy atom. The van der Waals surface area contributed by atoms with Crippen molar-refractivity contribution in [1.82, 2.24) is 9.21 Å². The standard InChI is InChI=1S/C22H35N3O4S/c1-23(12-9-17-29-2)22(26)19-10-11-20(24-13-5-3-6-14-24)21(18-19)30(27,28)25-15-7-4-8-16-25/h10-11,18H,3-9,12-17H2,1-2H3. The van der Waals surface area contributed by atoms with E-state index in [1.54, 1.807) is 35.5 Å². The molecule has 0 N–H and O–H groups in total. The molecule has 8 heteroatoms. The van der Waals surface area contributed by atoms with Gasteiger partial charge in [0.25, 0.3) is 5.91 Å². The quantitative estimate of drug-likeness (QED) is 0.585. The van der Waals surface area contributed by atoms with Crippen molar-refractivity contribution >= 4 is 21.6 Å². The minimum atomic E-state index is -3.64. The number of methoxy groups -OCH3 is 1. The fourth-order valence-corrected chi connectivity index (χ4v) is 6.02. The zero-order chi connectivity index (χ0) is 21.6. The molecule has 3 rings (SSSR count). The van der Waals surface area contributed by atoms with Crippen LogP contribution < -0.4 is 4.90 Å². The number of piperidine rings is 2. The van der Waals surface area contributed by atoms with Crippen LogP contribution in [0.25, 0.3) is 0 Å². The van der Waals surface area contributed by atoms with Crippen molar-refractivity contribution in [1.29, 1.82) is 0 Å².